The molecule has 0 aliphatic carbocycles. The van der Waals surface area contributed by atoms with E-state index in [0.29, 0.717) is 105 Å². The first-order valence-corrected chi connectivity index (χ1v) is 45.3. The highest BCUT2D eigenvalue weighted by atomic mass is 79.9. The minimum atomic E-state index is -0.518. The average Bonchev–Trinajstić information content (AvgIpc) is 1.16. The second-order valence-electron chi connectivity index (χ2n) is 35.0. The Morgan fingerprint density at radius 1 is 0.403 bits per heavy atom. The van der Waals surface area contributed by atoms with Crippen LogP contribution in [0.5, 0.6) is 0 Å². The Morgan fingerprint density at radius 2 is 0.746 bits per heavy atom. The maximum atomic E-state index is 14.8. The maximum Gasteiger partial charge on any atom is 0.496 e. The van der Waals surface area contributed by atoms with Crippen molar-refractivity contribution >= 4 is 133 Å². The molecule has 19 rings (SSSR count). The summed E-state index contributed by atoms with van der Waals surface area (Å²) in [5, 5.41) is 7.22. The largest absolute Gasteiger partial charge is 0.496 e. The third-order valence-corrected chi connectivity index (χ3v) is 24.0. The van der Waals surface area contributed by atoms with Crippen LogP contribution in [0.2, 0.25) is 15.1 Å². The zero-order valence-corrected chi connectivity index (χ0v) is 79.2. The molecular weight excluding hydrogens is 1830 g/mol. The van der Waals surface area contributed by atoms with Crippen LogP contribution in [0.4, 0.5) is 40.2 Å². The quantitative estimate of drug-likeness (QED) is 0.111. The van der Waals surface area contributed by atoms with E-state index < -0.39 is 30.0 Å². The van der Waals surface area contributed by atoms with E-state index in [1.807, 2.05) is 192 Å². The molecule has 0 saturated carbocycles. The van der Waals surface area contributed by atoms with E-state index in [1.54, 1.807) is 77.6 Å². The van der Waals surface area contributed by atoms with E-state index in [1.165, 1.54) is 36.4 Å². The first-order valence-electron chi connectivity index (χ1n) is 43.4. The lowest BCUT2D eigenvalue weighted by atomic mass is 9.80. The molecule has 4 aliphatic heterocycles. The van der Waals surface area contributed by atoms with Crippen molar-refractivity contribution in [2.24, 2.45) is 0 Å². The summed E-state index contributed by atoms with van der Waals surface area (Å²) < 4.78 is 67.8. The number of hydrogen-bond donors (Lipinski definition) is 1. The van der Waals surface area contributed by atoms with Gasteiger partial charge in [-0.25, -0.2) is 67.6 Å². The molecule has 4 fully saturated rings. The maximum absolute atomic E-state index is 14.8. The molecule has 0 atom stereocenters. The molecule has 0 bridgehead atoms. The molecule has 15 aromatic rings. The molecule has 1 N–H and O–H groups in total. The molecule has 16 heterocycles. The summed E-state index contributed by atoms with van der Waals surface area (Å²) in [6, 6.07) is 48.4. The van der Waals surface area contributed by atoms with Crippen molar-refractivity contribution in [1.29, 1.82) is 0 Å². The predicted molar refractivity (Wildman–Crippen MR) is 526 cm³/mol. The van der Waals surface area contributed by atoms with Gasteiger partial charge in [0.05, 0.1) is 28.3 Å². The van der Waals surface area contributed by atoms with Gasteiger partial charge in [0.25, 0.3) is 0 Å². The zero-order chi connectivity index (χ0) is 94.8. The number of ether oxygens (including phenoxy) is 2. The van der Waals surface area contributed by atoms with Crippen LogP contribution in [0.25, 0.3) is 123 Å². The molecule has 2 amide bonds. The number of fused-ring (bicyclic) bond motifs is 3. The van der Waals surface area contributed by atoms with Crippen LogP contribution in [0.15, 0.2) is 243 Å². The number of pyridine rings is 12. The molecule has 0 spiro atoms. The van der Waals surface area contributed by atoms with Crippen molar-refractivity contribution in [1.82, 2.24) is 74.9 Å². The van der Waals surface area contributed by atoms with Gasteiger partial charge in [-0.05, 0) is 260 Å². The number of nitrogens with one attached hydrogen (secondary N) is 1. The van der Waals surface area contributed by atoms with Gasteiger partial charge >= 0.3 is 19.3 Å². The number of piperazine rings is 3. The SMILES string of the molecule is C=O.CC(C)(C)OC(=O)N1CCN(c2ccc(-c3cncc(-c4cc(-c5cc(Cl)ccc5F)nc5ncccc45)c3)cn2)CC1.CC(C)(C)OC(=O)N1CCN(c2ccc(B3OC(C)(C)C(C)(C)O3)cn2)CC1.Fc1ccc(Cl)cc1-c1cc(-c2cncc(-c3ccc(N4CCNCC4)nc3)c2)c2cccnc2n1.Fc1ccc(Cl)cc1-c1cc(-c2cncc(Br)c2)c2cccnc2n1. The van der Waals surface area contributed by atoms with E-state index in [4.69, 9.17) is 68.3 Å². The smallest absolute Gasteiger partial charge is 0.444 e. The molecule has 4 aliphatic rings. The van der Waals surface area contributed by atoms with Crippen LogP contribution in [0.3, 0.4) is 0 Å². The van der Waals surface area contributed by atoms with Gasteiger partial charge in [0.15, 0.2) is 16.9 Å². The molecular formula is C101H96BBrCl3F3N18O7. The number of hydrogen-bond acceptors (Lipinski definition) is 23. The number of rotatable bonds is 12. The highest BCUT2D eigenvalue weighted by molar-refractivity contribution is 9.10. The number of aromatic nitrogens is 12. The number of benzene rings is 3. The Labute approximate surface area is 798 Å². The summed E-state index contributed by atoms with van der Waals surface area (Å²) in [7, 11) is -0.407. The van der Waals surface area contributed by atoms with E-state index >= 15 is 0 Å². The lowest BCUT2D eigenvalue weighted by Gasteiger charge is -2.36. The highest BCUT2D eigenvalue weighted by Crippen LogP contribution is 2.41. The van der Waals surface area contributed by atoms with Gasteiger partial charge in [-0.2, -0.15) is 0 Å². The lowest BCUT2D eigenvalue weighted by molar-refractivity contribution is -0.0980. The second kappa shape index (κ2) is 41.6. The Kier molecular flexibility index (Phi) is 29.7. The van der Waals surface area contributed by atoms with Crippen molar-refractivity contribution in [2.45, 2.75) is 91.6 Å². The lowest BCUT2D eigenvalue weighted by Crippen LogP contribution is -2.50. The topological polar surface area (TPSA) is 271 Å². The van der Waals surface area contributed by atoms with Gasteiger partial charge in [0.2, 0.25) is 0 Å². The van der Waals surface area contributed by atoms with E-state index in [2.05, 4.69) is 104 Å². The molecule has 33 heteroatoms. The Morgan fingerprint density at radius 3 is 1.09 bits per heavy atom. The fourth-order valence-electron chi connectivity index (χ4n) is 15.4. The van der Waals surface area contributed by atoms with Crippen molar-refractivity contribution < 1.29 is 46.3 Å². The minimum absolute atomic E-state index is 0.254. The second-order valence-corrected chi connectivity index (χ2v) is 37.2. The zero-order valence-electron chi connectivity index (χ0n) is 75.4. The third kappa shape index (κ3) is 23.0. The summed E-state index contributed by atoms with van der Waals surface area (Å²) in [6.45, 7) is 30.4. The summed E-state index contributed by atoms with van der Waals surface area (Å²) in [4.78, 5) is 96.9. The van der Waals surface area contributed by atoms with Crippen LogP contribution in [0, 0.1) is 17.5 Å². The monoisotopic (exact) mass is 1920 g/mol. The van der Waals surface area contributed by atoms with Crippen molar-refractivity contribution in [3.8, 4) is 89.4 Å². The van der Waals surface area contributed by atoms with Crippen molar-refractivity contribution in [3.63, 3.8) is 0 Å². The average molecular weight is 1930 g/mol. The molecule has 0 unspecified atom stereocenters. The Bertz CT molecular complexity index is 6740. The molecule has 134 heavy (non-hydrogen) atoms. The number of carbonyl (C=O) groups excluding carboxylic acids is 3. The van der Waals surface area contributed by atoms with Crippen LogP contribution in [0.1, 0.15) is 69.2 Å². The Hall–Kier alpha value is -13.1. The standard InChI is InChI=1S/C33H30ClFN6O2.C28H22ClFN6.C20H32BN3O4.C19H10BrClFN3.CH2O/c1-33(2,3)43-32(42)41-13-11-40(12-14-41)30-9-6-21(20-38-30)22-15-23(19-36-18-22)26-17-29(27-16-24(34)7-8-28(27)35)39-31-25(26)5-4-10-37-31;29-21-4-5-25(30)24(13-21)26-14-23(22-2-1-7-33-28(22)35-26)20-12-19(15-32-16-20)18-3-6-27(34-17-18)36-10-8-31-9-11-36;1-18(2,3)26-17(25)24-12-10-23(11-13-24)16-9-8-15(14-22-16)21-27-19(4,5)20(6,7)28-21;20-12-6-11(9-23-10-12)15-8-18(16-7-13(21)3-4-17(16)22)25-19-14(15)2-1-5-24-19;1-2/h4-10,15-20H,11-14H2,1-3H3;1-7,12-17,31H,8-11H2;8-9,14H,10-13H2,1-7H3;1-10H;1H2. The number of amides is 2. The van der Waals surface area contributed by atoms with Crippen LogP contribution in [-0.2, 0) is 23.6 Å². The van der Waals surface area contributed by atoms with E-state index in [-0.39, 0.29) is 29.2 Å². The number of carbonyl (C=O) groups is 3. The van der Waals surface area contributed by atoms with Gasteiger partial charge in [0.1, 0.15) is 52.9 Å². The number of anilines is 3. The minimum Gasteiger partial charge on any atom is -0.444 e. The summed E-state index contributed by atoms with van der Waals surface area (Å²) in [5.41, 5.74) is 12.0. The summed E-state index contributed by atoms with van der Waals surface area (Å²) >= 11 is 21.8. The van der Waals surface area contributed by atoms with Crippen molar-refractivity contribution in [2.75, 3.05) is 93.2 Å². The van der Waals surface area contributed by atoms with Gasteiger partial charge in [0, 0.05) is 250 Å². The van der Waals surface area contributed by atoms with Crippen LogP contribution >= 0.6 is 50.7 Å². The first kappa shape index (κ1) is 95.5. The molecule has 684 valence electrons. The summed E-state index contributed by atoms with van der Waals surface area (Å²) in [5.74, 6) is 1.52. The molecule has 0 radical (unpaired) electrons. The van der Waals surface area contributed by atoms with Gasteiger partial charge < -0.3 is 53.4 Å². The molecule has 3 aromatic carbocycles. The first-order chi connectivity index (χ1) is 64.3. The predicted octanol–water partition coefficient (Wildman–Crippen LogP) is 21.1. The van der Waals surface area contributed by atoms with Crippen LogP contribution in [-0.4, -0.2) is 197 Å². The molecule has 4 saturated heterocycles. The Balaban J connectivity index is 0.000000138. The third-order valence-electron chi connectivity index (χ3n) is 22.9. The van der Waals surface area contributed by atoms with Crippen molar-refractivity contribution in [3.05, 3.63) is 275 Å². The summed E-state index contributed by atoms with van der Waals surface area (Å²) in [6.07, 6.45) is 20.6. The fraction of sp³-hybridized carbons (Fsp3) is 0.257. The number of nitrogens with zero attached hydrogens (tertiary/aromatic N) is 17. The fourth-order valence-corrected chi connectivity index (χ4v) is 16.3. The van der Waals surface area contributed by atoms with Gasteiger partial charge in [-0.1, -0.05) is 40.9 Å². The van der Waals surface area contributed by atoms with E-state index in [0.717, 1.165) is 138 Å². The molecule has 12 aromatic heterocycles. The van der Waals surface area contributed by atoms with Gasteiger partial charge in [-0.15, -0.1) is 0 Å². The van der Waals surface area contributed by atoms with E-state index in [9.17, 15) is 22.8 Å². The van der Waals surface area contributed by atoms with Crippen LogP contribution < -0.4 is 25.5 Å². The van der Waals surface area contributed by atoms with Gasteiger partial charge in [-0.3, -0.25) is 15.0 Å². The normalized spacial score (nSPS) is 14.8. The highest BCUT2D eigenvalue weighted by Gasteiger charge is 2.52. The molecule has 25 nitrogen and oxygen atoms in total. The number of halogens is 7.